The fourth-order valence-corrected chi connectivity index (χ4v) is 2.05. The van der Waals surface area contributed by atoms with Gasteiger partial charge in [0, 0.05) is 13.1 Å². The van der Waals surface area contributed by atoms with Gasteiger partial charge in [0.05, 0.1) is 6.04 Å². The number of nitrogens with zero attached hydrogens (tertiary/aromatic N) is 1. The minimum absolute atomic E-state index is 0.00701. The molecule has 0 fully saturated rings. The molecular weight excluding hydrogens is 228 g/mol. The van der Waals surface area contributed by atoms with Crippen molar-refractivity contribution in [1.29, 1.82) is 0 Å². The van der Waals surface area contributed by atoms with E-state index >= 15 is 0 Å². The van der Waals surface area contributed by atoms with Crippen molar-refractivity contribution >= 4 is 5.91 Å². The first-order valence-electron chi connectivity index (χ1n) is 6.14. The molecule has 0 aromatic heterocycles. The van der Waals surface area contributed by atoms with Crippen LogP contribution in [-0.4, -0.2) is 35.0 Å². The second-order valence-corrected chi connectivity index (χ2v) is 4.52. The lowest BCUT2D eigenvalue weighted by atomic mass is 10.0. The summed E-state index contributed by atoms with van der Waals surface area (Å²) in [6.45, 7) is 1.40. The van der Waals surface area contributed by atoms with Gasteiger partial charge in [-0.3, -0.25) is 4.79 Å². The smallest absolute Gasteiger partial charge is 0.240 e. The average molecular weight is 246 g/mol. The van der Waals surface area contributed by atoms with Gasteiger partial charge in [-0.05, 0) is 30.5 Å². The van der Waals surface area contributed by atoms with Gasteiger partial charge in [0.15, 0.2) is 0 Å². The topological polar surface area (TPSA) is 66.6 Å². The number of carbonyl (C=O) groups excluding carboxylic acids is 1. The molecule has 0 bridgehead atoms. The fraction of sp³-hybridized carbons (Fsp3) is 0.357. The van der Waals surface area contributed by atoms with Gasteiger partial charge in [-0.2, -0.15) is 0 Å². The third-order valence-electron chi connectivity index (χ3n) is 3.08. The molecule has 1 aromatic rings. The van der Waals surface area contributed by atoms with E-state index in [0.29, 0.717) is 13.0 Å². The lowest BCUT2D eigenvalue weighted by molar-refractivity contribution is -0.132. The summed E-state index contributed by atoms with van der Waals surface area (Å²) in [5, 5.41) is 9.19. The third kappa shape index (κ3) is 3.11. The zero-order valence-corrected chi connectivity index (χ0v) is 10.2. The van der Waals surface area contributed by atoms with Crippen LogP contribution >= 0.6 is 0 Å². The number of phenols is 1. The summed E-state index contributed by atoms with van der Waals surface area (Å²) >= 11 is 0. The maximum atomic E-state index is 12.1. The van der Waals surface area contributed by atoms with Crippen LogP contribution in [-0.2, 0) is 11.2 Å². The average Bonchev–Trinajstić information content (AvgIpc) is 2.41. The van der Waals surface area contributed by atoms with E-state index in [0.717, 1.165) is 18.5 Å². The number of hydrogen-bond donors (Lipinski definition) is 2. The van der Waals surface area contributed by atoms with Gasteiger partial charge < -0.3 is 15.7 Å². The highest BCUT2D eigenvalue weighted by atomic mass is 16.3. The monoisotopic (exact) mass is 246 g/mol. The summed E-state index contributed by atoms with van der Waals surface area (Å²) in [5.41, 5.74) is 6.90. The second kappa shape index (κ2) is 5.69. The Hall–Kier alpha value is -1.81. The first-order chi connectivity index (χ1) is 8.66. The molecule has 1 atom stereocenters. The Morgan fingerprint density at radius 3 is 2.67 bits per heavy atom. The summed E-state index contributed by atoms with van der Waals surface area (Å²) < 4.78 is 0. The van der Waals surface area contributed by atoms with Crippen LogP contribution in [0.2, 0.25) is 0 Å². The number of benzene rings is 1. The lowest BCUT2D eigenvalue weighted by Crippen LogP contribution is -2.46. The van der Waals surface area contributed by atoms with Crippen molar-refractivity contribution in [3.05, 3.63) is 42.0 Å². The zero-order valence-electron chi connectivity index (χ0n) is 10.2. The van der Waals surface area contributed by atoms with Crippen molar-refractivity contribution in [1.82, 2.24) is 4.90 Å². The van der Waals surface area contributed by atoms with E-state index in [1.165, 1.54) is 0 Å². The van der Waals surface area contributed by atoms with Crippen LogP contribution in [0.3, 0.4) is 0 Å². The Labute approximate surface area is 107 Å². The molecule has 0 unspecified atom stereocenters. The van der Waals surface area contributed by atoms with E-state index in [1.807, 2.05) is 6.08 Å². The molecule has 2 rings (SSSR count). The third-order valence-corrected chi connectivity index (χ3v) is 3.08. The zero-order chi connectivity index (χ0) is 13.0. The SMILES string of the molecule is N[C@@H](Cc1ccc(O)cc1)C(=O)N1CC=CCC1. The Balaban J connectivity index is 1.94. The van der Waals surface area contributed by atoms with Crippen LogP contribution in [0.4, 0.5) is 0 Å². The van der Waals surface area contributed by atoms with Crippen LogP contribution in [0.15, 0.2) is 36.4 Å². The number of aromatic hydroxyl groups is 1. The van der Waals surface area contributed by atoms with Crippen molar-refractivity contribution in [2.24, 2.45) is 5.73 Å². The van der Waals surface area contributed by atoms with E-state index in [2.05, 4.69) is 6.08 Å². The first-order valence-corrected chi connectivity index (χ1v) is 6.14. The summed E-state index contributed by atoms with van der Waals surface area (Å²) in [7, 11) is 0. The van der Waals surface area contributed by atoms with Crippen molar-refractivity contribution in [2.45, 2.75) is 18.9 Å². The van der Waals surface area contributed by atoms with Crippen molar-refractivity contribution < 1.29 is 9.90 Å². The largest absolute Gasteiger partial charge is 0.508 e. The van der Waals surface area contributed by atoms with Gasteiger partial charge in [0.2, 0.25) is 5.91 Å². The Morgan fingerprint density at radius 1 is 1.33 bits per heavy atom. The molecule has 3 N–H and O–H groups in total. The van der Waals surface area contributed by atoms with Crippen LogP contribution in [0.25, 0.3) is 0 Å². The van der Waals surface area contributed by atoms with E-state index in [4.69, 9.17) is 5.73 Å². The van der Waals surface area contributed by atoms with Crippen molar-refractivity contribution in [3.8, 4) is 5.75 Å². The minimum Gasteiger partial charge on any atom is -0.508 e. The first kappa shape index (κ1) is 12.6. The summed E-state index contributed by atoms with van der Waals surface area (Å²) in [6.07, 6.45) is 5.47. The quantitative estimate of drug-likeness (QED) is 0.783. The molecule has 0 aliphatic carbocycles. The number of carbonyl (C=O) groups is 1. The molecule has 1 amide bonds. The Kier molecular flexibility index (Phi) is 3.99. The van der Waals surface area contributed by atoms with Crippen LogP contribution in [0, 0.1) is 0 Å². The number of rotatable bonds is 3. The lowest BCUT2D eigenvalue weighted by Gasteiger charge is -2.26. The fourth-order valence-electron chi connectivity index (χ4n) is 2.05. The van der Waals surface area contributed by atoms with Crippen LogP contribution in [0.1, 0.15) is 12.0 Å². The number of nitrogens with two attached hydrogens (primary N) is 1. The number of phenolic OH excluding ortho intramolecular Hbond substituents is 1. The molecule has 1 aliphatic rings. The van der Waals surface area contributed by atoms with Gasteiger partial charge in [-0.15, -0.1) is 0 Å². The highest BCUT2D eigenvalue weighted by molar-refractivity contribution is 5.82. The molecule has 0 spiro atoms. The highest BCUT2D eigenvalue weighted by Crippen LogP contribution is 2.12. The predicted molar refractivity (Wildman–Crippen MR) is 70.1 cm³/mol. The van der Waals surface area contributed by atoms with E-state index in [9.17, 15) is 9.90 Å². The summed E-state index contributed by atoms with van der Waals surface area (Å²) in [4.78, 5) is 13.9. The highest BCUT2D eigenvalue weighted by Gasteiger charge is 2.21. The molecule has 0 saturated carbocycles. The van der Waals surface area contributed by atoms with Crippen molar-refractivity contribution in [3.63, 3.8) is 0 Å². The molecular formula is C14H18N2O2. The summed E-state index contributed by atoms with van der Waals surface area (Å²) in [6, 6.07) is 6.28. The molecule has 1 aliphatic heterocycles. The van der Waals surface area contributed by atoms with E-state index in [-0.39, 0.29) is 11.7 Å². The van der Waals surface area contributed by atoms with Crippen molar-refractivity contribution in [2.75, 3.05) is 13.1 Å². The van der Waals surface area contributed by atoms with Gasteiger partial charge in [0.25, 0.3) is 0 Å². The van der Waals surface area contributed by atoms with Crippen LogP contribution < -0.4 is 5.73 Å². The van der Waals surface area contributed by atoms with E-state index < -0.39 is 6.04 Å². The Morgan fingerprint density at radius 2 is 2.06 bits per heavy atom. The number of amides is 1. The van der Waals surface area contributed by atoms with Gasteiger partial charge in [0.1, 0.15) is 5.75 Å². The minimum atomic E-state index is -0.513. The van der Waals surface area contributed by atoms with Gasteiger partial charge in [-0.25, -0.2) is 0 Å². The molecule has 96 valence electrons. The van der Waals surface area contributed by atoms with Gasteiger partial charge in [-0.1, -0.05) is 24.3 Å². The normalized spacial score (nSPS) is 16.6. The van der Waals surface area contributed by atoms with Crippen LogP contribution in [0.5, 0.6) is 5.75 Å². The molecule has 1 aromatic carbocycles. The molecule has 4 heteroatoms. The second-order valence-electron chi connectivity index (χ2n) is 4.52. The summed E-state index contributed by atoms with van der Waals surface area (Å²) in [5.74, 6) is 0.215. The Bertz CT molecular complexity index is 440. The molecule has 0 saturated heterocycles. The van der Waals surface area contributed by atoms with Gasteiger partial charge >= 0.3 is 0 Å². The predicted octanol–water partition coefficient (Wildman–Crippen LogP) is 1.05. The van der Waals surface area contributed by atoms with E-state index in [1.54, 1.807) is 29.2 Å². The molecule has 4 nitrogen and oxygen atoms in total. The maximum absolute atomic E-state index is 12.1. The molecule has 18 heavy (non-hydrogen) atoms. The molecule has 0 radical (unpaired) electrons. The number of hydrogen-bond acceptors (Lipinski definition) is 3. The maximum Gasteiger partial charge on any atom is 0.240 e. The molecule has 1 heterocycles. The standard InChI is InChI=1S/C14H18N2O2/c15-13(10-11-4-6-12(17)7-5-11)14(18)16-8-2-1-3-9-16/h1-2,4-7,13,17H,3,8-10,15H2/t13-/m0/s1.